The zero-order chi connectivity index (χ0) is 11.1. The number of aromatic nitrogens is 1. The minimum absolute atomic E-state index is 0.676. The van der Waals surface area contributed by atoms with Gasteiger partial charge in [-0.15, -0.1) is 0 Å². The normalized spacial score (nSPS) is 11.2. The van der Waals surface area contributed by atoms with Gasteiger partial charge in [-0.1, -0.05) is 30.0 Å². The highest BCUT2D eigenvalue weighted by atomic mass is 32.2. The lowest BCUT2D eigenvalue weighted by Gasteiger charge is -2.02. The first-order valence-corrected chi connectivity index (χ1v) is 6.12. The Kier molecular flexibility index (Phi) is 5.28. The Balaban J connectivity index is 2.48. The van der Waals surface area contributed by atoms with Gasteiger partial charge in [0, 0.05) is 24.0 Å². The quantitative estimate of drug-likeness (QED) is 0.498. The number of hydrogen-bond acceptors (Lipinski definition) is 4. The molecule has 0 fully saturated rings. The van der Waals surface area contributed by atoms with E-state index in [1.54, 1.807) is 6.20 Å². The average Bonchev–Trinajstić information content (AvgIpc) is 2.27. The van der Waals surface area contributed by atoms with E-state index in [2.05, 4.69) is 15.5 Å². The van der Waals surface area contributed by atoms with E-state index in [9.17, 15) is 0 Å². The van der Waals surface area contributed by atoms with Crippen LogP contribution < -0.4 is 5.43 Å². The number of thioether (sulfide) groups is 1. The third kappa shape index (κ3) is 4.90. The van der Waals surface area contributed by atoms with Crippen LogP contribution in [0.25, 0.3) is 0 Å². The summed E-state index contributed by atoms with van der Waals surface area (Å²) in [6.07, 6.45) is 4.44. The monoisotopic (exact) mass is 239 g/mol. The van der Waals surface area contributed by atoms with Crippen LogP contribution in [-0.4, -0.2) is 21.3 Å². The summed E-state index contributed by atoms with van der Waals surface area (Å²) in [5.74, 6) is 0. The molecule has 0 saturated heterocycles. The number of hydrogen-bond donors (Lipinski definition) is 1. The second-order valence-electron chi connectivity index (χ2n) is 2.95. The summed E-state index contributed by atoms with van der Waals surface area (Å²) in [5, 5.41) is 4.15. The largest absolute Gasteiger partial charge is 0.262 e. The lowest BCUT2D eigenvalue weighted by molar-refractivity contribution is 1.03. The molecule has 0 aromatic carbocycles. The zero-order valence-corrected chi connectivity index (χ0v) is 10.4. The Morgan fingerprint density at radius 3 is 3.00 bits per heavy atom. The molecule has 1 N–H and O–H groups in total. The van der Waals surface area contributed by atoms with Crippen LogP contribution in [0.15, 0.2) is 29.5 Å². The van der Waals surface area contributed by atoms with Crippen molar-refractivity contribution in [3.8, 4) is 0 Å². The van der Waals surface area contributed by atoms with Crippen LogP contribution in [-0.2, 0) is 6.42 Å². The summed E-state index contributed by atoms with van der Waals surface area (Å²) in [6.45, 7) is 1.95. The molecule has 0 aliphatic rings. The van der Waals surface area contributed by atoms with E-state index in [1.165, 1.54) is 11.8 Å². The topological polar surface area (TPSA) is 37.3 Å². The van der Waals surface area contributed by atoms with Crippen LogP contribution in [0, 0.1) is 0 Å². The van der Waals surface area contributed by atoms with Gasteiger partial charge in [0.05, 0.1) is 0 Å². The van der Waals surface area contributed by atoms with Crippen LogP contribution in [0.3, 0.4) is 0 Å². The van der Waals surface area contributed by atoms with E-state index in [0.717, 1.165) is 17.8 Å². The Bertz CT molecular complexity index is 349. The van der Waals surface area contributed by atoms with E-state index in [4.69, 9.17) is 12.2 Å². The third-order valence-electron chi connectivity index (χ3n) is 1.69. The Morgan fingerprint density at radius 2 is 2.40 bits per heavy atom. The van der Waals surface area contributed by atoms with Crippen molar-refractivity contribution in [3.63, 3.8) is 0 Å². The van der Waals surface area contributed by atoms with Crippen LogP contribution in [0.4, 0.5) is 0 Å². The molecule has 0 bridgehead atoms. The maximum atomic E-state index is 4.97. The van der Waals surface area contributed by atoms with Crippen LogP contribution >= 0.6 is 24.0 Å². The van der Waals surface area contributed by atoms with E-state index < -0.39 is 0 Å². The minimum atomic E-state index is 0.676. The molecule has 1 rings (SSSR count). The van der Waals surface area contributed by atoms with Crippen molar-refractivity contribution in [1.29, 1.82) is 0 Å². The number of thiocarbonyl (C=S) groups is 1. The van der Waals surface area contributed by atoms with E-state index in [-0.39, 0.29) is 0 Å². The molecule has 0 spiro atoms. The number of pyridine rings is 1. The van der Waals surface area contributed by atoms with Gasteiger partial charge in [-0.2, -0.15) is 5.10 Å². The van der Waals surface area contributed by atoms with E-state index in [0.29, 0.717) is 4.32 Å². The van der Waals surface area contributed by atoms with Crippen molar-refractivity contribution in [2.24, 2.45) is 5.10 Å². The number of rotatable bonds is 3. The number of nitrogens with zero attached hydrogens (tertiary/aromatic N) is 2. The SMILES string of the molecule is CSC(=S)NN=C(C)Cc1ccccn1. The first kappa shape index (κ1) is 12.1. The summed E-state index contributed by atoms with van der Waals surface area (Å²) >= 11 is 6.44. The number of nitrogens with one attached hydrogen (secondary N) is 1. The predicted molar refractivity (Wildman–Crippen MR) is 70.3 cm³/mol. The highest BCUT2D eigenvalue weighted by Crippen LogP contribution is 1.97. The predicted octanol–water partition coefficient (Wildman–Crippen LogP) is 2.24. The second kappa shape index (κ2) is 6.53. The summed E-state index contributed by atoms with van der Waals surface area (Å²) in [4.78, 5) is 4.22. The first-order valence-electron chi connectivity index (χ1n) is 4.49. The van der Waals surface area contributed by atoms with Gasteiger partial charge in [0.2, 0.25) is 0 Å². The summed E-state index contributed by atoms with van der Waals surface area (Å²) in [7, 11) is 0. The van der Waals surface area contributed by atoms with Crippen molar-refractivity contribution in [2.75, 3.05) is 6.26 Å². The maximum absolute atomic E-state index is 4.97. The average molecular weight is 239 g/mol. The fourth-order valence-electron chi connectivity index (χ4n) is 0.991. The molecular weight excluding hydrogens is 226 g/mol. The molecule has 0 amide bonds. The highest BCUT2D eigenvalue weighted by molar-refractivity contribution is 8.22. The van der Waals surface area contributed by atoms with Gasteiger partial charge in [0.25, 0.3) is 0 Å². The molecule has 5 heteroatoms. The van der Waals surface area contributed by atoms with Gasteiger partial charge in [-0.05, 0) is 25.3 Å². The van der Waals surface area contributed by atoms with Crippen LogP contribution in [0.1, 0.15) is 12.6 Å². The molecule has 0 saturated carbocycles. The minimum Gasteiger partial charge on any atom is -0.262 e. The number of hydrazone groups is 1. The van der Waals surface area contributed by atoms with Gasteiger partial charge < -0.3 is 0 Å². The Morgan fingerprint density at radius 1 is 1.60 bits per heavy atom. The standard InChI is InChI=1S/C10H13N3S2/c1-8(12-13-10(14)15-2)7-9-5-3-4-6-11-9/h3-6H,7H2,1-2H3,(H,13,14). The molecule has 0 aliphatic carbocycles. The van der Waals surface area contributed by atoms with Gasteiger partial charge in [-0.25, -0.2) is 0 Å². The molecular formula is C10H13N3S2. The molecule has 15 heavy (non-hydrogen) atoms. The second-order valence-corrected chi connectivity index (χ2v) is 4.43. The molecule has 80 valence electrons. The smallest absolute Gasteiger partial charge is 0.153 e. The van der Waals surface area contributed by atoms with Gasteiger partial charge in [0.15, 0.2) is 4.32 Å². The lowest BCUT2D eigenvalue weighted by atomic mass is 10.2. The van der Waals surface area contributed by atoms with Gasteiger partial charge in [0.1, 0.15) is 0 Å². The van der Waals surface area contributed by atoms with Crippen molar-refractivity contribution in [2.45, 2.75) is 13.3 Å². The van der Waals surface area contributed by atoms with Crippen molar-refractivity contribution < 1.29 is 0 Å². The molecule has 1 aromatic heterocycles. The summed E-state index contributed by atoms with van der Waals surface area (Å²) in [5.41, 5.74) is 4.78. The zero-order valence-electron chi connectivity index (χ0n) is 8.73. The van der Waals surface area contributed by atoms with Crippen molar-refractivity contribution in [1.82, 2.24) is 10.4 Å². The van der Waals surface area contributed by atoms with Crippen molar-refractivity contribution in [3.05, 3.63) is 30.1 Å². The fraction of sp³-hybridized carbons (Fsp3) is 0.300. The van der Waals surface area contributed by atoms with E-state index >= 15 is 0 Å². The molecule has 0 radical (unpaired) electrons. The molecule has 0 aliphatic heterocycles. The molecule has 0 atom stereocenters. The van der Waals surface area contributed by atoms with Gasteiger partial charge >= 0.3 is 0 Å². The molecule has 1 heterocycles. The fourth-order valence-corrected chi connectivity index (χ4v) is 1.17. The van der Waals surface area contributed by atoms with Crippen LogP contribution in [0.5, 0.6) is 0 Å². The molecule has 3 nitrogen and oxygen atoms in total. The van der Waals surface area contributed by atoms with Crippen molar-refractivity contribution >= 4 is 34.0 Å². The lowest BCUT2D eigenvalue weighted by Crippen LogP contribution is -2.14. The Hall–Kier alpha value is -0.940. The Labute approximate surface area is 99.4 Å². The van der Waals surface area contributed by atoms with Gasteiger partial charge in [-0.3, -0.25) is 10.4 Å². The maximum Gasteiger partial charge on any atom is 0.153 e. The van der Waals surface area contributed by atoms with E-state index in [1.807, 2.05) is 31.4 Å². The summed E-state index contributed by atoms with van der Waals surface area (Å²) < 4.78 is 0.676. The molecule has 1 aromatic rings. The highest BCUT2D eigenvalue weighted by Gasteiger charge is 1.96. The molecule has 0 unspecified atom stereocenters. The third-order valence-corrected chi connectivity index (χ3v) is 2.74. The first-order chi connectivity index (χ1) is 7.22. The summed E-state index contributed by atoms with van der Waals surface area (Å²) in [6, 6.07) is 5.85. The van der Waals surface area contributed by atoms with Crippen LogP contribution in [0.2, 0.25) is 0 Å².